The minimum absolute atomic E-state index is 0.567. The summed E-state index contributed by atoms with van der Waals surface area (Å²) in [5.41, 5.74) is 7.00. The number of nitrogen functional groups attached to an aromatic ring is 2. The van der Waals surface area contributed by atoms with E-state index in [4.69, 9.17) is 11.6 Å². The molecule has 0 fully saturated rings. The maximum atomic E-state index is 5.65. The molecule has 0 spiro atoms. The second kappa shape index (κ2) is 4.01. The number of nitrogens with zero attached hydrogens (tertiary/aromatic N) is 4. The van der Waals surface area contributed by atoms with Crippen LogP contribution in [-0.2, 0) is 7.05 Å². The van der Waals surface area contributed by atoms with Gasteiger partial charge >= 0.3 is 5.95 Å². The summed E-state index contributed by atoms with van der Waals surface area (Å²) in [5, 5.41) is 8.11. The molecule has 0 radical (unpaired) electrons. The molecular weight excluding hydrogens is 204 g/mol. The Morgan fingerprint density at radius 2 is 1.88 bits per heavy atom. The molecule has 6 nitrogen and oxygen atoms in total. The van der Waals surface area contributed by atoms with Gasteiger partial charge in [-0.15, -0.1) is 4.68 Å². The van der Waals surface area contributed by atoms with Crippen LogP contribution >= 0.6 is 0 Å². The number of aryl methyl sites for hydroxylation is 1. The van der Waals surface area contributed by atoms with E-state index < -0.39 is 0 Å². The summed E-state index contributed by atoms with van der Waals surface area (Å²) in [6, 6.07) is 7.14. The highest BCUT2D eigenvalue weighted by Crippen LogP contribution is 2.16. The molecule has 0 aliphatic carbocycles. The largest absolute Gasteiger partial charge is 0.442 e. The number of azo groups is 1. The molecule has 0 bridgehead atoms. The van der Waals surface area contributed by atoms with Crippen LogP contribution in [0.2, 0.25) is 0 Å². The number of hydrogen-bond acceptors (Lipinski definition) is 4. The van der Waals surface area contributed by atoms with Gasteiger partial charge in [0.2, 0.25) is 0 Å². The Kier molecular flexibility index (Phi) is 2.55. The molecule has 1 aromatic heterocycles. The molecule has 4 N–H and O–H groups in total. The van der Waals surface area contributed by atoms with Crippen molar-refractivity contribution in [3.05, 3.63) is 36.7 Å². The average Bonchev–Trinajstić information content (AvgIpc) is 2.59. The first-order valence-electron chi connectivity index (χ1n) is 4.76. The monoisotopic (exact) mass is 217 g/mol. The van der Waals surface area contributed by atoms with Crippen LogP contribution in [0, 0.1) is 0 Å². The predicted molar refractivity (Wildman–Crippen MR) is 60.8 cm³/mol. The summed E-state index contributed by atoms with van der Waals surface area (Å²) in [4.78, 5) is 0. The van der Waals surface area contributed by atoms with Crippen LogP contribution in [0.15, 0.2) is 46.9 Å². The van der Waals surface area contributed by atoms with Crippen molar-refractivity contribution in [1.29, 1.82) is 0 Å². The molecule has 6 heteroatoms. The fraction of sp³-hybridized carbons (Fsp3) is 0.100. The molecule has 1 aromatic carbocycles. The van der Waals surface area contributed by atoms with E-state index in [1.165, 1.54) is 4.68 Å². The summed E-state index contributed by atoms with van der Waals surface area (Å²) in [6.45, 7) is 0. The van der Waals surface area contributed by atoms with E-state index in [0.717, 1.165) is 5.69 Å². The third kappa shape index (κ3) is 2.00. The van der Waals surface area contributed by atoms with Crippen molar-refractivity contribution in [3.63, 3.8) is 0 Å². The molecule has 0 saturated heterocycles. The van der Waals surface area contributed by atoms with Crippen LogP contribution in [0.1, 0.15) is 0 Å². The van der Waals surface area contributed by atoms with Gasteiger partial charge in [-0.3, -0.25) is 5.84 Å². The normalized spacial score (nSPS) is 11.1. The van der Waals surface area contributed by atoms with Gasteiger partial charge in [-0.2, -0.15) is 0 Å². The van der Waals surface area contributed by atoms with Gasteiger partial charge in [0.15, 0.2) is 0 Å². The van der Waals surface area contributed by atoms with Crippen molar-refractivity contribution in [2.45, 2.75) is 0 Å². The van der Waals surface area contributed by atoms with Crippen molar-refractivity contribution >= 4 is 17.3 Å². The summed E-state index contributed by atoms with van der Waals surface area (Å²) in [6.07, 6.45) is 3.51. The van der Waals surface area contributed by atoms with Crippen molar-refractivity contribution in [2.24, 2.45) is 17.3 Å². The first-order chi connectivity index (χ1) is 7.66. The lowest BCUT2D eigenvalue weighted by atomic mass is 10.3. The Balaban J connectivity index is 2.24. The molecule has 0 atom stereocenters. The van der Waals surface area contributed by atoms with Crippen LogP contribution in [-0.4, -0.2) is 4.68 Å². The summed E-state index contributed by atoms with van der Waals surface area (Å²) in [7, 11) is 1.85. The molecule has 2 aromatic rings. The van der Waals surface area contributed by atoms with Crippen molar-refractivity contribution in [2.75, 3.05) is 11.6 Å². The van der Waals surface area contributed by atoms with Crippen LogP contribution < -0.4 is 16.1 Å². The number of rotatable bonds is 2. The highest BCUT2D eigenvalue weighted by molar-refractivity contribution is 5.47. The Morgan fingerprint density at radius 1 is 1.19 bits per heavy atom. The Hall–Kier alpha value is -2.37. The maximum absolute atomic E-state index is 5.65. The Bertz CT molecular complexity index is 491. The molecule has 0 saturated carbocycles. The second-order valence-electron chi connectivity index (χ2n) is 3.41. The first kappa shape index (κ1) is 10.2. The zero-order valence-electron chi connectivity index (χ0n) is 8.91. The van der Waals surface area contributed by atoms with Gasteiger partial charge in [0, 0.05) is 10.8 Å². The van der Waals surface area contributed by atoms with Gasteiger partial charge in [-0.1, -0.05) is 5.11 Å². The van der Waals surface area contributed by atoms with E-state index in [0.29, 0.717) is 11.6 Å². The maximum Gasteiger partial charge on any atom is 0.442 e. The lowest BCUT2D eigenvalue weighted by Crippen LogP contribution is -2.26. The van der Waals surface area contributed by atoms with E-state index in [-0.39, 0.29) is 0 Å². The van der Waals surface area contributed by atoms with Crippen molar-refractivity contribution < 1.29 is 4.57 Å². The quantitative estimate of drug-likeness (QED) is 0.340. The SMILES string of the molecule is C[n+]1ccn(N)c1N=Nc1ccc(N)cc1. The summed E-state index contributed by atoms with van der Waals surface area (Å²) in [5.74, 6) is 6.22. The fourth-order valence-corrected chi connectivity index (χ4v) is 1.25. The van der Waals surface area contributed by atoms with Gasteiger partial charge < -0.3 is 5.73 Å². The van der Waals surface area contributed by atoms with E-state index in [1.807, 2.05) is 7.05 Å². The molecule has 82 valence electrons. The van der Waals surface area contributed by atoms with Gasteiger partial charge in [0.05, 0.1) is 13.2 Å². The van der Waals surface area contributed by atoms with E-state index in [9.17, 15) is 0 Å². The predicted octanol–water partition coefficient (Wildman–Crippen LogP) is 1.02. The molecular formula is C10H13N6+. The molecule has 0 unspecified atom stereocenters. The highest BCUT2D eigenvalue weighted by Gasteiger charge is 2.11. The van der Waals surface area contributed by atoms with Crippen LogP contribution in [0.25, 0.3) is 0 Å². The van der Waals surface area contributed by atoms with Crippen LogP contribution in [0.3, 0.4) is 0 Å². The number of anilines is 1. The number of nitrogens with two attached hydrogens (primary N) is 2. The number of benzene rings is 1. The first-order valence-corrected chi connectivity index (χ1v) is 4.76. The fourth-order valence-electron chi connectivity index (χ4n) is 1.25. The number of aromatic nitrogens is 2. The third-order valence-corrected chi connectivity index (χ3v) is 2.15. The minimum Gasteiger partial charge on any atom is -0.399 e. The molecule has 1 heterocycles. The van der Waals surface area contributed by atoms with E-state index in [2.05, 4.69) is 10.2 Å². The van der Waals surface area contributed by atoms with Crippen molar-refractivity contribution in [3.8, 4) is 0 Å². The van der Waals surface area contributed by atoms with Crippen molar-refractivity contribution in [1.82, 2.24) is 4.68 Å². The Labute approximate surface area is 92.8 Å². The molecule has 0 aliphatic heterocycles. The second-order valence-corrected chi connectivity index (χ2v) is 3.41. The number of hydrogen-bond donors (Lipinski definition) is 2. The summed E-state index contributed by atoms with van der Waals surface area (Å²) >= 11 is 0. The van der Waals surface area contributed by atoms with E-state index in [1.54, 1.807) is 41.2 Å². The lowest BCUT2D eigenvalue weighted by molar-refractivity contribution is -0.657. The van der Waals surface area contributed by atoms with Gasteiger partial charge in [0.25, 0.3) is 0 Å². The highest BCUT2D eigenvalue weighted by atomic mass is 15.4. The molecule has 0 aliphatic rings. The molecule has 0 amide bonds. The third-order valence-electron chi connectivity index (χ3n) is 2.15. The van der Waals surface area contributed by atoms with Gasteiger partial charge in [0.1, 0.15) is 11.9 Å². The zero-order chi connectivity index (χ0) is 11.5. The zero-order valence-corrected chi connectivity index (χ0v) is 8.91. The number of imidazole rings is 1. The molecule has 16 heavy (non-hydrogen) atoms. The van der Waals surface area contributed by atoms with E-state index >= 15 is 0 Å². The summed E-state index contributed by atoms with van der Waals surface area (Å²) < 4.78 is 3.18. The van der Waals surface area contributed by atoms with Crippen LogP contribution in [0.5, 0.6) is 0 Å². The lowest BCUT2D eigenvalue weighted by Gasteiger charge is -1.91. The van der Waals surface area contributed by atoms with Crippen LogP contribution in [0.4, 0.5) is 17.3 Å². The Morgan fingerprint density at radius 3 is 2.44 bits per heavy atom. The molecule has 2 rings (SSSR count). The van der Waals surface area contributed by atoms with Gasteiger partial charge in [-0.25, -0.2) is 4.57 Å². The average molecular weight is 217 g/mol. The van der Waals surface area contributed by atoms with Gasteiger partial charge in [-0.05, 0) is 24.3 Å². The standard InChI is InChI=1S/C10H12N6/c1-15-6-7-16(12)10(15)14-13-9-4-2-8(11)3-5-9/h2-7,11H,12H2,1H3/p+1. The smallest absolute Gasteiger partial charge is 0.399 e. The topological polar surface area (TPSA) is 85.6 Å². The minimum atomic E-state index is 0.567.